The van der Waals surface area contributed by atoms with Gasteiger partial charge in [-0.25, -0.2) is 4.79 Å². The molecule has 0 spiro atoms. The first kappa shape index (κ1) is 31.2. The molecule has 44 heavy (non-hydrogen) atoms. The van der Waals surface area contributed by atoms with Gasteiger partial charge >= 0.3 is 12.0 Å². The molecule has 0 bridgehead atoms. The van der Waals surface area contributed by atoms with Gasteiger partial charge in [0.25, 0.3) is 5.91 Å². The fraction of sp³-hybridized carbons (Fsp3) is 0.182. The number of anilines is 3. The van der Waals surface area contributed by atoms with Gasteiger partial charge in [0.05, 0.1) is 44.4 Å². The number of amides is 4. The average Bonchev–Trinajstić information content (AvgIpc) is 3.03. The van der Waals surface area contributed by atoms with Crippen LogP contribution in [-0.2, 0) is 20.7 Å². The van der Waals surface area contributed by atoms with Crippen LogP contribution in [0.25, 0.3) is 0 Å². The van der Waals surface area contributed by atoms with E-state index in [0.29, 0.717) is 39.5 Å². The standard InChI is InChI=1S/C33H33N5O6/c1-21-7-4-5-9-26(21)37-33(42)38-27-15-10-22(17-29(27)43-2)18-30(39)35-25-13-11-23(12-14-25)28(19-31(40)44-3)36-32(41)24-8-6-16-34-20-24/h4-17,20,28H,18-19H2,1-3H3,(H,35,39)(H,36,41)(H2,37,38,42). The van der Waals surface area contributed by atoms with Gasteiger partial charge in [0.2, 0.25) is 5.91 Å². The number of carbonyl (C=O) groups excluding carboxylic acids is 4. The van der Waals surface area contributed by atoms with Gasteiger partial charge in [-0.3, -0.25) is 19.4 Å². The minimum atomic E-state index is -0.654. The van der Waals surface area contributed by atoms with Crippen molar-refractivity contribution in [2.75, 3.05) is 30.2 Å². The number of carbonyl (C=O) groups is 4. The summed E-state index contributed by atoms with van der Waals surface area (Å²) in [4.78, 5) is 54.0. The van der Waals surface area contributed by atoms with Crippen LogP contribution in [0.3, 0.4) is 0 Å². The third kappa shape index (κ3) is 8.65. The summed E-state index contributed by atoms with van der Waals surface area (Å²) in [5.41, 5.74) is 4.31. The number of para-hydroxylation sites is 1. The van der Waals surface area contributed by atoms with Crippen molar-refractivity contribution in [2.45, 2.75) is 25.8 Å². The maximum atomic E-state index is 12.8. The number of hydrogen-bond donors (Lipinski definition) is 4. The smallest absolute Gasteiger partial charge is 0.323 e. The summed E-state index contributed by atoms with van der Waals surface area (Å²) in [6, 6.07) is 21.6. The van der Waals surface area contributed by atoms with E-state index in [1.54, 1.807) is 60.8 Å². The Labute approximate surface area is 255 Å². The number of rotatable bonds is 11. The molecule has 1 heterocycles. The van der Waals surface area contributed by atoms with Gasteiger partial charge in [-0.2, -0.15) is 0 Å². The number of methoxy groups -OCH3 is 2. The number of hydrogen-bond acceptors (Lipinski definition) is 7. The summed E-state index contributed by atoms with van der Waals surface area (Å²) in [6.45, 7) is 1.90. The third-order valence-electron chi connectivity index (χ3n) is 6.70. The van der Waals surface area contributed by atoms with E-state index >= 15 is 0 Å². The predicted octanol–water partition coefficient (Wildman–Crippen LogP) is 5.26. The van der Waals surface area contributed by atoms with Crippen LogP contribution < -0.4 is 26.0 Å². The number of nitrogens with one attached hydrogen (secondary N) is 4. The third-order valence-corrected chi connectivity index (χ3v) is 6.70. The number of nitrogens with zero attached hydrogens (tertiary/aromatic N) is 1. The van der Waals surface area contributed by atoms with E-state index in [4.69, 9.17) is 9.47 Å². The average molecular weight is 596 g/mol. The molecule has 0 saturated heterocycles. The highest BCUT2D eigenvalue weighted by Crippen LogP contribution is 2.27. The Kier molecular flexibility index (Phi) is 10.6. The summed E-state index contributed by atoms with van der Waals surface area (Å²) >= 11 is 0. The molecule has 11 nitrogen and oxygen atoms in total. The molecule has 1 atom stereocenters. The van der Waals surface area contributed by atoms with E-state index in [2.05, 4.69) is 26.3 Å². The minimum Gasteiger partial charge on any atom is -0.495 e. The molecule has 0 saturated carbocycles. The molecule has 1 unspecified atom stereocenters. The highest BCUT2D eigenvalue weighted by Gasteiger charge is 2.20. The van der Waals surface area contributed by atoms with Crippen LogP contribution in [0.15, 0.2) is 91.3 Å². The van der Waals surface area contributed by atoms with Crippen LogP contribution in [0, 0.1) is 6.92 Å². The van der Waals surface area contributed by atoms with Crippen molar-refractivity contribution in [3.8, 4) is 5.75 Å². The second-order valence-electron chi connectivity index (χ2n) is 9.82. The number of esters is 1. The lowest BCUT2D eigenvalue weighted by Crippen LogP contribution is -2.30. The van der Waals surface area contributed by atoms with E-state index < -0.39 is 18.0 Å². The van der Waals surface area contributed by atoms with Crippen LogP contribution in [0.5, 0.6) is 5.75 Å². The van der Waals surface area contributed by atoms with Gasteiger partial charge in [-0.15, -0.1) is 0 Å². The van der Waals surface area contributed by atoms with Crippen molar-refractivity contribution >= 4 is 40.9 Å². The maximum Gasteiger partial charge on any atom is 0.323 e. The van der Waals surface area contributed by atoms with Gasteiger partial charge in [0.1, 0.15) is 5.75 Å². The molecule has 0 aliphatic carbocycles. The Bertz CT molecular complexity index is 1630. The summed E-state index contributed by atoms with van der Waals surface area (Å²) in [7, 11) is 2.77. The first-order valence-corrected chi connectivity index (χ1v) is 13.7. The molecule has 226 valence electrons. The number of ether oxygens (including phenoxy) is 2. The highest BCUT2D eigenvalue weighted by atomic mass is 16.5. The quantitative estimate of drug-likeness (QED) is 0.173. The molecule has 1 aromatic heterocycles. The van der Waals surface area contributed by atoms with Crippen molar-refractivity contribution in [3.05, 3.63) is 114 Å². The molecule has 4 rings (SSSR count). The van der Waals surface area contributed by atoms with Gasteiger partial charge in [-0.05, 0) is 66.1 Å². The molecular formula is C33H33N5O6. The van der Waals surface area contributed by atoms with Crippen LogP contribution in [-0.4, -0.2) is 43.0 Å². The first-order valence-electron chi connectivity index (χ1n) is 13.7. The van der Waals surface area contributed by atoms with Gasteiger partial charge < -0.3 is 30.7 Å². The lowest BCUT2D eigenvalue weighted by Gasteiger charge is -2.19. The molecule has 0 fully saturated rings. The van der Waals surface area contributed by atoms with Crippen molar-refractivity contribution in [1.82, 2.24) is 10.3 Å². The fourth-order valence-electron chi connectivity index (χ4n) is 4.37. The molecule has 11 heteroatoms. The van der Waals surface area contributed by atoms with Crippen molar-refractivity contribution in [1.29, 1.82) is 0 Å². The monoisotopic (exact) mass is 595 g/mol. The van der Waals surface area contributed by atoms with E-state index in [1.807, 2.05) is 31.2 Å². The lowest BCUT2D eigenvalue weighted by molar-refractivity contribution is -0.141. The van der Waals surface area contributed by atoms with E-state index in [1.165, 1.54) is 20.4 Å². The Morgan fingerprint density at radius 1 is 0.841 bits per heavy atom. The van der Waals surface area contributed by atoms with Crippen molar-refractivity contribution in [3.63, 3.8) is 0 Å². The van der Waals surface area contributed by atoms with Gasteiger partial charge in [0, 0.05) is 23.8 Å². The van der Waals surface area contributed by atoms with Crippen LogP contribution >= 0.6 is 0 Å². The van der Waals surface area contributed by atoms with E-state index in [-0.39, 0.29) is 24.7 Å². The Morgan fingerprint density at radius 2 is 1.59 bits per heavy atom. The second-order valence-corrected chi connectivity index (χ2v) is 9.82. The summed E-state index contributed by atoms with van der Waals surface area (Å²) < 4.78 is 10.2. The second kappa shape index (κ2) is 15.0. The highest BCUT2D eigenvalue weighted by molar-refractivity contribution is 6.01. The van der Waals surface area contributed by atoms with Crippen LogP contribution in [0.1, 0.15) is 39.5 Å². The normalized spacial score (nSPS) is 11.1. The number of urea groups is 1. The van der Waals surface area contributed by atoms with Crippen LogP contribution in [0.4, 0.5) is 21.9 Å². The predicted molar refractivity (Wildman–Crippen MR) is 167 cm³/mol. The Morgan fingerprint density at radius 3 is 2.27 bits per heavy atom. The topological polar surface area (TPSA) is 148 Å². The first-order chi connectivity index (χ1) is 21.2. The number of benzene rings is 3. The molecule has 0 aliphatic heterocycles. The van der Waals surface area contributed by atoms with Crippen molar-refractivity contribution in [2.24, 2.45) is 0 Å². The fourth-order valence-corrected chi connectivity index (χ4v) is 4.37. The maximum absolute atomic E-state index is 12.8. The molecule has 3 aromatic carbocycles. The van der Waals surface area contributed by atoms with Crippen LogP contribution in [0.2, 0.25) is 0 Å². The molecule has 4 aromatic rings. The molecule has 0 radical (unpaired) electrons. The zero-order valence-corrected chi connectivity index (χ0v) is 24.5. The largest absolute Gasteiger partial charge is 0.495 e. The summed E-state index contributed by atoms with van der Waals surface area (Å²) in [5.74, 6) is -0.728. The zero-order valence-electron chi connectivity index (χ0n) is 24.5. The Hall–Kier alpha value is -5.71. The van der Waals surface area contributed by atoms with E-state index in [9.17, 15) is 19.2 Å². The molecule has 0 aliphatic rings. The molecule has 4 amide bonds. The minimum absolute atomic E-state index is 0.0555. The SMILES string of the molecule is COC(=O)CC(NC(=O)c1cccnc1)c1ccc(NC(=O)Cc2ccc(NC(=O)Nc3ccccc3C)c(OC)c2)cc1. The summed E-state index contributed by atoms with van der Waals surface area (Å²) in [6.07, 6.45) is 2.98. The lowest BCUT2D eigenvalue weighted by atomic mass is 10.0. The van der Waals surface area contributed by atoms with Gasteiger partial charge in [0.15, 0.2) is 0 Å². The molecule has 4 N–H and O–H groups in total. The van der Waals surface area contributed by atoms with Gasteiger partial charge in [-0.1, -0.05) is 36.4 Å². The molecular weight excluding hydrogens is 562 g/mol. The summed E-state index contributed by atoms with van der Waals surface area (Å²) in [5, 5.41) is 11.3. The Balaban J connectivity index is 1.37. The number of pyridine rings is 1. The van der Waals surface area contributed by atoms with E-state index in [0.717, 1.165) is 5.56 Å². The van der Waals surface area contributed by atoms with Crippen molar-refractivity contribution < 1.29 is 28.7 Å². The number of aryl methyl sites for hydroxylation is 1. The zero-order chi connectivity index (χ0) is 31.5. The number of aromatic nitrogens is 1.